The third-order valence-electron chi connectivity index (χ3n) is 5.04. The summed E-state index contributed by atoms with van der Waals surface area (Å²) in [7, 11) is 1.67. The molecule has 1 aliphatic rings. The zero-order valence-electron chi connectivity index (χ0n) is 14.8. The summed E-state index contributed by atoms with van der Waals surface area (Å²) < 4.78 is 5.25. The summed E-state index contributed by atoms with van der Waals surface area (Å²) in [5.41, 5.74) is 2.01. The number of pyridine rings is 1. The molecule has 2 aromatic rings. The van der Waals surface area contributed by atoms with Gasteiger partial charge >= 0.3 is 0 Å². The summed E-state index contributed by atoms with van der Waals surface area (Å²) in [6, 6.07) is 14.0. The summed E-state index contributed by atoms with van der Waals surface area (Å²) in [4.78, 5) is 16.8. The quantitative estimate of drug-likeness (QED) is 0.830. The predicted molar refractivity (Wildman–Crippen MR) is 98.5 cm³/mol. The molecule has 0 spiro atoms. The Morgan fingerprint density at radius 3 is 2.56 bits per heavy atom. The van der Waals surface area contributed by atoms with Gasteiger partial charge in [-0.1, -0.05) is 31.0 Å². The van der Waals surface area contributed by atoms with Gasteiger partial charge in [0.1, 0.15) is 5.75 Å². The van der Waals surface area contributed by atoms with Crippen molar-refractivity contribution in [3.05, 3.63) is 59.9 Å². The van der Waals surface area contributed by atoms with Gasteiger partial charge in [0.2, 0.25) is 5.91 Å². The monoisotopic (exact) mass is 338 g/mol. The van der Waals surface area contributed by atoms with Gasteiger partial charge in [0.15, 0.2) is 0 Å². The van der Waals surface area contributed by atoms with Crippen LogP contribution in [0, 0.1) is 0 Å². The van der Waals surface area contributed by atoms with Crippen LogP contribution in [0.25, 0.3) is 0 Å². The molecule has 132 valence electrons. The van der Waals surface area contributed by atoms with Crippen molar-refractivity contribution in [2.75, 3.05) is 7.11 Å². The Morgan fingerprint density at radius 2 is 1.92 bits per heavy atom. The van der Waals surface area contributed by atoms with Gasteiger partial charge in [-0.2, -0.15) is 0 Å². The smallest absolute Gasteiger partial charge is 0.220 e. The second-order valence-corrected chi connectivity index (χ2v) is 6.74. The van der Waals surface area contributed by atoms with Gasteiger partial charge in [0.05, 0.1) is 12.6 Å². The topological polar surface area (TPSA) is 51.2 Å². The molecule has 1 aromatic carbocycles. The van der Waals surface area contributed by atoms with E-state index in [1.807, 2.05) is 30.3 Å². The van der Waals surface area contributed by atoms with Crippen molar-refractivity contribution < 1.29 is 9.53 Å². The van der Waals surface area contributed by atoms with E-state index in [-0.39, 0.29) is 11.4 Å². The van der Waals surface area contributed by atoms with Crippen LogP contribution >= 0.6 is 0 Å². The van der Waals surface area contributed by atoms with Gasteiger partial charge in [-0.15, -0.1) is 0 Å². The van der Waals surface area contributed by atoms with E-state index in [9.17, 15) is 4.79 Å². The highest BCUT2D eigenvalue weighted by Gasteiger charge is 2.36. The highest BCUT2D eigenvalue weighted by molar-refractivity contribution is 5.77. The summed E-state index contributed by atoms with van der Waals surface area (Å²) in [5, 5.41) is 3.33. The Bertz CT molecular complexity index is 677. The van der Waals surface area contributed by atoms with E-state index in [1.165, 1.54) is 5.56 Å². The first-order chi connectivity index (χ1) is 12.2. The van der Waals surface area contributed by atoms with Gasteiger partial charge in [-0.25, -0.2) is 0 Å². The molecule has 3 rings (SSSR count). The van der Waals surface area contributed by atoms with E-state index in [0.717, 1.165) is 50.0 Å². The largest absolute Gasteiger partial charge is 0.497 e. The number of aromatic nitrogens is 1. The molecule has 1 amide bonds. The number of hydrogen-bond donors (Lipinski definition) is 1. The van der Waals surface area contributed by atoms with E-state index < -0.39 is 0 Å². The lowest BCUT2D eigenvalue weighted by atomic mass is 9.87. The second-order valence-electron chi connectivity index (χ2n) is 6.74. The Balaban J connectivity index is 1.60. The molecule has 25 heavy (non-hydrogen) atoms. The van der Waals surface area contributed by atoms with Crippen LogP contribution in [0.15, 0.2) is 48.7 Å². The zero-order chi connectivity index (χ0) is 17.5. The molecule has 0 radical (unpaired) electrons. The number of carbonyl (C=O) groups is 1. The van der Waals surface area contributed by atoms with Crippen molar-refractivity contribution in [1.29, 1.82) is 0 Å². The minimum atomic E-state index is -0.214. The molecule has 0 atom stereocenters. The zero-order valence-corrected chi connectivity index (χ0v) is 14.8. The van der Waals surface area contributed by atoms with Crippen molar-refractivity contribution in [2.24, 2.45) is 0 Å². The average Bonchev–Trinajstić information content (AvgIpc) is 3.12. The predicted octanol–water partition coefficient (Wildman–Crippen LogP) is 4.00. The van der Waals surface area contributed by atoms with Crippen LogP contribution in [0.4, 0.5) is 0 Å². The molecule has 1 saturated carbocycles. The minimum Gasteiger partial charge on any atom is -0.497 e. The first kappa shape index (κ1) is 17.5. The number of nitrogens with zero attached hydrogens (tertiary/aromatic N) is 1. The molecule has 1 heterocycles. The number of methoxy groups -OCH3 is 1. The van der Waals surface area contributed by atoms with Crippen molar-refractivity contribution in [2.45, 2.75) is 50.5 Å². The Labute approximate surface area is 149 Å². The normalized spacial score (nSPS) is 15.7. The fraction of sp³-hybridized carbons (Fsp3) is 0.429. The van der Waals surface area contributed by atoms with E-state index in [2.05, 4.69) is 22.4 Å². The molecule has 0 bridgehead atoms. The number of amides is 1. The van der Waals surface area contributed by atoms with E-state index >= 15 is 0 Å². The molecule has 0 unspecified atom stereocenters. The third-order valence-corrected chi connectivity index (χ3v) is 5.04. The Morgan fingerprint density at radius 1 is 1.16 bits per heavy atom. The fourth-order valence-corrected chi connectivity index (χ4v) is 3.68. The van der Waals surface area contributed by atoms with Crippen molar-refractivity contribution in [3.8, 4) is 5.75 Å². The van der Waals surface area contributed by atoms with Crippen LogP contribution < -0.4 is 10.1 Å². The number of aryl methyl sites for hydroxylation is 1. The van der Waals surface area contributed by atoms with Gasteiger partial charge in [-0.05, 0) is 55.5 Å². The lowest BCUT2D eigenvalue weighted by Gasteiger charge is -2.31. The maximum Gasteiger partial charge on any atom is 0.220 e. The van der Waals surface area contributed by atoms with Gasteiger partial charge in [-0.3, -0.25) is 9.78 Å². The molecule has 1 aliphatic carbocycles. The van der Waals surface area contributed by atoms with E-state index in [0.29, 0.717) is 6.42 Å². The third kappa shape index (κ3) is 4.38. The minimum absolute atomic E-state index is 0.133. The van der Waals surface area contributed by atoms with Crippen LogP contribution in [-0.2, 0) is 16.8 Å². The summed E-state index contributed by atoms with van der Waals surface area (Å²) in [6.07, 6.45) is 8.31. The van der Waals surface area contributed by atoms with Crippen molar-refractivity contribution in [1.82, 2.24) is 10.3 Å². The summed E-state index contributed by atoms with van der Waals surface area (Å²) >= 11 is 0. The molecule has 1 fully saturated rings. The molecule has 1 N–H and O–H groups in total. The number of benzene rings is 1. The molecular formula is C21H26N2O2. The molecule has 1 aromatic heterocycles. The van der Waals surface area contributed by atoms with E-state index in [1.54, 1.807) is 13.3 Å². The molecule has 0 aliphatic heterocycles. The second kappa shape index (κ2) is 8.15. The van der Waals surface area contributed by atoms with Gasteiger partial charge in [0.25, 0.3) is 0 Å². The number of nitrogens with one attached hydrogen (secondary N) is 1. The highest BCUT2D eigenvalue weighted by Crippen LogP contribution is 2.39. The molecule has 4 nitrogen and oxygen atoms in total. The molecular weight excluding hydrogens is 312 g/mol. The van der Waals surface area contributed by atoms with Crippen LogP contribution in [0.3, 0.4) is 0 Å². The summed E-state index contributed by atoms with van der Waals surface area (Å²) in [5.74, 6) is 0.979. The standard InChI is InChI=1S/C21H26N2O2/c1-25-19-12-10-17(11-13-19)21(14-3-4-15-21)23-20(24)9-6-8-18-7-2-5-16-22-18/h2,5,7,10-13,16H,3-4,6,8-9,14-15H2,1H3,(H,23,24). The van der Waals surface area contributed by atoms with Gasteiger partial charge < -0.3 is 10.1 Å². The van der Waals surface area contributed by atoms with Crippen LogP contribution in [0.5, 0.6) is 5.75 Å². The number of carbonyl (C=O) groups excluding carboxylic acids is 1. The SMILES string of the molecule is COc1ccc(C2(NC(=O)CCCc3ccccn3)CCCC2)cc1. The first-order valence-corrected chi connectivity index (χ1v) is 9.07. The fourth-order valence-electron chi connectivity index (χ4n) is 3.68. The van der Waals surface area contributed by atoms with Crippen LogP contribution in [0.1, 0.15) is 49.8 Å². The maximum atomic E-state index is 12.5. The average molecular weight is 338 g/mol. The Kier molecular flexibility index (Phi) is 5.69. The number of hydrogen-bond acceptors (Lipinski definition) is 3. The van der Waals surface area contributed by atoms with Crippen molar-refractivity contribution >= 4 is 5.91 Å². The maximum absolute atomic E-state index is 12.5. The Hall–Kier alpha value is -2.36. The van der Waals surface area contributed by atoms with Gasteiger partial charge in [0, 0.05) is 18.3 Å². The van der Waals surface area contributed by atoms with E-state index in [4.69, 9.17) is 4.74 Å². The lowest BCUT2D eigenvalue weighted by Crippen LogP contribution is -2.43. The molecule has 4 heteroatoms. The number of rotatable bonds is 7. The van der Waals surface area contributed by atoms with Crippen LogP contribution in [0.2, 0.25) is 0 Å². The highest BCUT2D eigenvalue weighted by atomic mass is 16.5. The number of ether oxygens (including phenoxy) is 1. The van der Waals surface area contributed by atoms with Crippen LogP contribution in [-0.4, -0.2) is 18.0 Å². The van der Waals surface area contributed by atoms with Crippen molar-refractivity contribution in [3.63, 3.8) is 0 Å². The lowest BCUT2D eigenvalue weighted by molar-refractivity contribution is -0.123. The molecule has 0 saturated heterocycles. The summed E-state index contributed by atoms with van der Waals surface area (Å²) in [6.45, 7) is 0. The first-order valence-electron chi connectivity index (χ1n) is 9.07.